The van der Waals surface area contributed by atoms with Gasteiger partial charge in [-0.1, -0.05) is 33.1 Å². The summed E-state index contributed by atoms with van der Waals surface area (Å²) in [5.74, 6) is 0. The minimum Gasteiger partial charge on any atom is -0.411 e. The molecule has 2 unspecified atom stereocenters. The van der Waals surface area contributed by atoms with Crippen molar-refractivity contribution < 1.29 is 28.5 Å². The van der Waals surface area contributed by atoms with Gasteiger partial charge >= 0.3 is 8.56 Å². The average Bonchev–Trinajstić information content (AvgIpc) is 3.31. The fourth-order valence-corrected chi connectivity index (χ4v) is 3.99. The molecule has 2 rings (SSSR count). The zero-order chi connectivity index (χ0) is 18.1. The second-order valence-electron chi connectivity index (χ2n) is 8.05. The quantitative estimate of drug-likeness (QED) is 0.300. The van der Waals surface area contributed by atoms with Crippen LogP contribution in [0.4, 0.5) is 0 Å². The monoisotopic (exact) mass is 396 g/mol. The summed E-state index contributed by atoms with van der Waals surface area (Å²) in [5, 5.41) is 0. The number of hydrogen-bond donors (Lipinski definition) is 2. The molecule has 0 aromatic rings. The standard InChI is InChI=1S/C9H20O2Si.C7H16O4Si.CH4/c1-12(2,3)6-4-5-10-7-9-8-11-9;1-12(8,9)4-2-3-10-5-7-6-11-7;/h9H,4-8H2,1-3H3;7-9H,2-6H2,1H3;1H4. The van der Waals surface area contributed by atoms with Gasteiger partial charge in [0.25, 0.3) is 0 Å². The van der Waals surface area contributed by atoms with Crippen LogP contribution >= 0.6 is 0 Å². The highest BCUT2D eigenvalue weighted by atomic mass is 28.4. The SMILES string of the molecule is C.C[Si](C)(C)CCCOCC1CO1.C[Si](O)(O)CCCOCC1CO1. The van der Waals surface area contributed by atoms with Crippen molar-refractivity contribution in [2.75, 3.05) is 39.6 Å². The van der Waals surface area contributed by atoms with Crippen molar-refractivity contribution in [1.82, 2.24) is 0 Å². The van der Waals surface area contributed by atoms with Crippen LogP contribution < -0.4 is 0 Å². The average molecular weight is 397 g/mol. The van der Waals surface area contributed by atoms with Gasteiger partial charge in [0, 0.05) is 21.3 Å². The maximum Gasteiger partial charge on any atom is 0.329 e. The number of ether oxygens (including phenoxy) is 4. The molecule has 2 aliphatic heterocycles. The summed E-state index contributed by atoms with van der Waals surface area (Å²) in [6, 6.07) is 1.86. The van der Waals surface area contributed by atoms with Crippen molar-refractivity contribution in [3.05, 3.63) is 0 Å². The molecule has 6 nitrogen and oxygen atoms in total. The Balaban J connectivity index is 0.000000443. The lowest BCUT2D eigenvalue weighted by Gasteiger charge is -2.14. The Bertz CT molecular complexity index is 290. The van der Waals surface area contributed by atoms with Gasteiger partial charge in [-0.2, -0.15) is 0 Å². The van der Waals surface area contributed by atoms with E-state index in [-0.39, 0.29) is 7.43 Å². The molecule has 2 aliphatic rings. The summed E-state index contributed by atoms with van der Waals surface area (Å²) in [7, 11) is -3.66. The Kier molecular flexibility index (Phi) is 12.7. The summed E-state index contributed by atoms with van der Waals surface area (Å²) < 4.78 is 20.7. The largest absolute Gasteiger partial charge is 0.411 e. The third-order valence-electron chi connectivity index (χ3n) is 3.57. The highest BCUT2D eigenvalue weighted by Crippen LogP contribution is 2.12. The Morgan fingerprint density at radius 1 is 0.840 bits per heavy atom. The van der Waals surface area contributed by atoms with E-state index in [0.29, 0.717) is 31.5 Å². The Morgan fingerprint density at radius 3 is 1.56 bits per heavy atom. The van der Waals surface area contributed by atoms with Crippen molar-refractivity contribution >= 4 is 16.6 Å². The van der Waals surface area contributed by atoms with Gasteiger partial charge in [-0.3, -0.25) is 0 Å². The smallest absolute Gasteiger partial charge is 0.329 e. The first-order valence-electron chi connectivity index (χ1n) is 8.99. The molecule has 152 valence electrons. The van der Waals surface area contributed by atoms with E-state index in [4.69, 9.17) is 28.5 Å². The molecular formula is C17H40O6Si2. The number of rotatable bonds is 12. The van der Waals surface area contributed by atoms with Crippen LogP contribution in [-0.4, -0.2) is 78.1 Å². The highest BCUT2D eigenvalue weighted by molar-refractivity contribution is 6.76. The third-order valence-corrected chi connectivity index (χ3v) is 6.72. The first-order valence-corrected chi connectivity index (χ1v) is 15.3. The lowest BCUT2D eigenvalue weighted by atomic mass is 10.5. The number of hydrogen-bond acceptors (Lipinski definition) is 6. The fourth-order valence-electron chi connectivity index (χ4n) is 1.97. The summed E-state index contributed by atoms with van der Waals surface area (Å²) in [4.78, 5) is 18.1. The predicted molar refractivity (Wildman–Crippen MR) is 106 cm³/mol. The van der Waals surface area contributed by atoms with Gasteiger partial charge in [0.1, 0.15) is 12.2 Å². The zero-order valence-electron chi connectivity index (χ0n) is 15.8. The Hall–Kier alpha value is 0.194. The summed E-state index contributed by atoms with van der Waals surface area (Å²) in [6.07, 6.45) is 2.68. The molecule has 25 heavy (non-hydrogen) atoms. The van der Waals surface area contributed by atoms with E-state index in [1.165, 1.54) is 19.0 Å². The van der Waals surface area contributed by atoms with E-state index in [1.54, 1.807) is 0 Å². The molecule has 8 heteroatoms. The molecule has 2 saturated heterocycles. The van der Waals surface area contributed by atoms with Gasteiger partial charge in [-0.05, 0) is 25.4 Å². The van der Waals surface area contributed by atoms with Crippen molar-refractivity contribution in [2.45, 2.75) is 70.8 Å². The van der Waals surface area contributed by atoms with Crippen LogP contribution in [0.5, 0.6) is 0 Å². The van der Waals surface area contributed by atoms with Crippen LogP contribution in [0.3, 0.4) is 0 Å². The fraction of sp³-hybridized carbons (Fsp3) is 1.00. The van der Waals surface area contributed by atoms with E-state index in [2.05, 4.69) is 19.6 Å². The van der Waals surface area contributed by atoms with E-state index < -0.39 is 16.6 Å². The second kappa shape index (κ2) is 12.6. The lowest BCUT2D eigenvalue weighted by molar-refractivity contribution is 0.115. The maximum atomic E-state index is 9.05. The molecule has 0 aromatic carbocycles. The zero-order valence-corrected chi connectivity index (χ0v) is 17.8. The van der Waals surface area contributed by atoms with E-state index in [1.807, 2.05) is 0 Å². The third kappa shape index (κ3) is 20.4. The van der Waals surface area contributed by atoms with Crippen LogP contribution in [-0.2, 0) is 18.9 Å². The van der Waals surface area contributed by atoms with Crippen molar-refractivity contribution in [3.8, 4) is 0 Å². The predicted octanol–water partition coefficient (Wildman–Crippen LogP) is 2.61. The molecule has 0 radical (unpaired) electrons. The molecule has 0 amide bonds. The second-order valence-corrected chi connectivity index (χ2v) is 16.6. The minimum absolute atomic E-state index is 0. The summed E-state index contributed by atoms with van der Waals surface area (Å²) in [5.41, 5.74) is 0. The first-order chi connectivity index (χ1) is 11.2. The van der Waals surface area contributed by atoms with Crippen LogP contribution in [0.25, 0.3) is 0 Å². The van der Waals surface area contributed by atoms with Crippen LogP contribution in [0.15, 0.2) is 0 Å². The summed E-state index contributed by atoms with van der Waals surface area (Å²) >= 11 is 0. The minimum atomic E-state index is -2.83. The van der Waals surface area contributed by atoms with Crippen LogP contribution in [0, 0.1) is 0 Å². The van der Waals surface area contributed by atoms with Gasteiger partial charge in [0.15, 0.2) is 0 Å². The van der Waals surface area contributed by atoms with E-state index in [0.717, 1.165) is 32.8 Å². The van der Waals surface area contributed by atoms with Gasteiger partial charge in [0.05, 0.1) is 26.4 Å². The van der Waals surface area contributed by atoms with E-state index in [9.17, 15) is 0 Å². The molecule has 2 N–H and O–H groups in total. The first kappa shape index (κ1) is 25.2. The van der Waals surface area contributed by atoms with Crippen molar-refractivity contribution in [3.63, 3.8) is 0 Å². The van der Waals surface area contributed by atoms with E-state index >= 15 is 0 Å². The topological polar surface area (TPSA) is 84.0 Å². The molecular weight excluding hydrogens is 356 g/mol. The van der Waals surface area contributed by atoms with Crippen molar-refractivity contribution in [2.24, 2.45) is 0 Å². The Labute approximate surface area is 156 Å². The van der Waals surface area contributed by atoms with Gasteiger partial charge in [-0.25, -0.2) is 0 Å². The maximum absolute atomic E-state index is 9.05. The molecule has 0 aliphatic carbocycles. The highest BCUT2D eigenvalue weighted by Gasteiger charge is 2.23. The Morgan fingerprint density at radius 2 is 1.24 bits per heavy atom. The van der Waals surface area contributed by atoms with Gasteiger partial charge < -0.3 is 28.5 Å². The molecule has 2 heterocycles. The van der Waals surface area contributed by atoms with Gasteiger partial charge in [-0.15, -0.1) is 0 Å². The van der Waals surface area contributed by atoms with Crippen molar-refractivity contribution in [1.29, 1.82) is 0 Å². The molecule has 0 spiro atoms. The van der Waals surface area contributed by atoms with Gasteiger partial charge in [0.2, 0.25) is 0 Å². The molecule has 0 saturated carbocycles. The molecule has 2 fully saturated rings. The van der Waals surface area contributed by atoms with Crippen LogP contribution in [0.2, 0.25) is 38.3 Å². The molecule has 2 atom stereocenters. The summed E-state index contributed by atoms with van der Waals surface area (Å²) in [6.45, 7) is 13.4. The molecule has 0 aromatic heterocycles. The normalized spacial score (nSPS) is 21.8. The molecule has 0 bridgehead atoms. The number of epoxide rings is 2. The van der Waals surface area contributed by atoms with Crippen LogP contribution in [0.1, 0.15) is 20.3 Å². The lowest BCUT2D eigenvalue weighted by Crippen LogP contribution is -2.29.